The van der Waals surface area contributed by atoms with E-state index in [1.807, 2.05) is 89.8 Å². The van der Waals surface area contributed by atoms with Crippen molar-refractivity contribution >= 4 is 22.8 Å². The van der Waals surface area contributed by atoms with Crippen LogP contribution in [0.15, 0.2) is 84.9 Å². The maximum atomic E-state index is 12.8. The average molecular weight is 462 g/mol. The van der Waals surface area contributed by atoms with E-state index in [0.717, 1.165) is 22.6 Å². The SMILES string of the molecule is CC(=O)SC1CC(=O)N(Cc2ccc(Oc3ccccc3)cc2)C1COCc1ccccc1. The van der Waals surface area contributed by atoms with Crippen LogP contribution in [0.1, 0.15) is 24.5 Å². The van der Waals surface area contributed by atoms with Gasteiger partial charge >= 0.3 is 0 Å². The third-order valence-corrected chi connectivity index (χ3v) is 6.61. The molecule has 1 aliphatic rings. The second-order valence-electron chi connectivity index (χ2n) is 8.00. The minimum Gasteiger partial charge on any atom is -0.457 e. The minimum absolute atomic E-state index is 0.0186. The molecule has 3 aromatic rings. The summed E-state index contributed by atoms with van der Waals surface area (Å²) in [5.41, 5.74) is 2.09. The van der Waals surface area contributed by atoms with Crippen molar-refractivity contribution in [2.45, 2.75) is 37.8 Å². The Morgan fingerprint density at radius 2 is 1.55 bits per heavy atom. The second-order valence-corrected chi connectivity index (χ2v) is 9.42. The average Bonchev–Trinajstić information content (AvgIpc) is 3.10. The molecule has 170 valence electrons. The molecule has 1 saturated heterocycles. The van der Waals surface area contributed by atoms with Crippen molar-refractivity contribution in [1.82, 2.24) is 4.90 Å². The monoisotopic (exact) mass is 461 g/mol. The molecule has 1 aliphatic heterocycles. The standard InChI is InChI=1S/C27H27NO4S/c1-20(29)33-26-16-27(30)28(25(26)19-31-18-22-8-4-2-5-9-22)17-21-12-14-24(15-13-21)32-23-10-6-3-7-11-23/h2-15,25-26H,16-19H2,1H3. The molecule has 0 radical (unpaired) electrons. The molecule has 2 unspecified atom stereocenters. The van der Waals surface area contributed by atoms with E-state index in [1.165, 1.54) is 11.8 Å². The van der Waals surface area contributed by atoms with Gasteiger partial charge in [-0.1, -0.05) is 72.4 Å². The maximum Gasteiger partial charge on any atom is 0.224 e. The van der Waals surface area contributed by atoms with Gasteiger partial charge in [0.05, 0.1) is 19.3 Å². The van der Waals surface area contributed by atoms with Gasteiger partial charge in [0.1, 0.15) is 11.5 Å². The molecule has 0 aliphatic carbocycles. The van der Waals surface area contributed by atoms with Crippen LogP contribution in [0.2, 0.25) is 0 Å². The first-order valence-electron chi connectivity index (χ1n) is 11.0. The summed E-state index contributed by atoms with van der Waals surface area (Å²) in [6.07, 6.45) is 0.346. The Balaban J connectivity index is 1.41. The van der Waals surface area contributed by atoms with Crippen molar-refractivity contribution in [1.29, 1.82) is 0 Å². The highest BCUT2D eigenvalue weighted by molar-refractivity contribution is 8.14. The van der Waals surface area contributed by atoms with Gasteiger partial charge in [-0.3, -0.25) is 9.59 Å². The first-order valence-corrected chi connectivity index (χ1v) is 11.9. The van der Waals surface area contributed by atoms with Gasteiger partial charge in [-0.2, -0.15) is 0 Å². The van der Waals surface area contributed by atoms with Crippen molar-refractivity contribution in [3.63, 3.8) is 0 Å². The number of benzene rings is 3. The molecule has 6 heteroatoms. The Morgan fingerprint density at radius 3 is 2.21 bits per heavy atom. The van der Waals surface area contributed by atoms with E-state index in [1.54, 1.807) is 6.92 Å². The molecular formula is C27H27NO4S. The van der Waals surface area contributed by atoms with Gasteiger partial charge in [-0.15, -0.1) is 0 Å². The van der Waals surface area contributed by atoms with Crippen molar-refractivity contribution < 1.29 is 19.1 Å². The van der Waals surface area contributed by atoms with Crippen molar-refractivity contribution in [2.75, 3.05) is 6.61 Å². The van der Waals surface area contributed by atoms with E-state index >= 15 is 0 Å². The molecular weight excluding hydrogens is 434 g/mol. The van der Waals surface area contributed by atoms with E-state index < -0.39 is 0 Å². The van der Waals surface area contributed by atoms with Crippen LogP contribution < -0.4 is 4.74 Å². The van der Waals surface area contributed by atoms with Crippen LogP contribution in [0.25, 0.3) is 0 Å². The maximum absolute atomic E-state index is 12.8. The lowest BCUT2D eigenvalue weighted by atomic mass is 10.1. The van der Waals surface area contributed by atoms with Crippen molar-refractivity contribution in [3.8, 4) is 11.5 Å². The number of carbonyl (C=O) groups is 2. The lowest BCUT2D eigenvalue weighted by Gasteiger charge is -2.28. The smallest absolute Gasteiger partial charge is 0.224 e. The summed E-state index contributed by atoms with van der Waals surface area (Å²) < 4.78 is 11.8. The van der Waals surface area contributed by atoms with Crippen molar-refractivity contribution in [3.05, 3.63) is 96.1 Å². The Bertz CT molecular complexity index is 1060. The van der Waals surface area contributed by atoms with Crippen LogP contribution in [0.3, 0.4) is 0 Å². The first kappa shape index (κ1) is 23.1. The van der Waals surface area contributed by atoms with Gasteiger partial charge in [0, 0.05) is 25.1 Å². The van der Waals surface area contributed by atoms with E-state index in [2.05, 4.69) is 0 Å². The normalized spacial score (nSPS) is 17.8. The fourth-order valence-electron chi connectivity index (χ4n) is 3.90. The van der Waals surface area contributed by atoms with Gasteiger partial charge in [0.2, 0.25) is 5.91 Å². The van der Waals surface area contributed by atoms with Crippen LogP contribution >= 0.6 is 11.8 Å². The summed E-state index contributed by atoms with van der Waals surface area (Å²) in [5, 5.41) is -0.0865. The Labute approximate surface area is 198 Å². The fourth-order valence-corrected chi connectivity index (χ4v) is 4.94. The molecule has 0 spiro atoms. The number of rotatable bonds is 9. The van der Waals surface area contributed by atoms with Crippen LogP contribution in [0.5, 0.6) is 11.5 Å². The predicted octanol–water partition coefficient (Wildman–Crippen LogP) is 5.44. The largest absolute Gasteiger partial charge is 0.457 e. The van der Waals surface area contributed by atoms with Crippen molar-refractivity contribution in [2.24, 2.45) is 0 Å². The molecule has 4 rings (SSSR count). The van der Waals surface area contributed by atoms with E-state index in [-0.39, 0.29) is 22.3 Å². The van der Waals surface area contributed by atoms with Crippen LogP contribution in [-0.2, 0) is 27.5 Å². The molecule has 0 bridgehead atoms. The summed E-state index contributed by atoms with van der Waals surface area (Å²) in [6, 6.07) is 27.2. The number of ether oxygens (including phenoxy) is 2. The minimum atomic E-state index is -0.157. The molecule has 0 saturated carbocycles. The lowest BCUT2D eigenvalue weighted by Crippen LogP contribution is -2.39. The molecule has 0 N–H and O–H groups in total. The summed E-state index contributed by atoms with van der Waals surface area (Å²) in [4.78, 5) is 26.5. The molecule has 1 fully saturated rings. The Morgan fingerprint density at radius 1 is 0.909 bits per heavy atom. The zero-order chi connectivity index (χ0) is 23.0. The number of para-hydroxylation sites is 1. The summed E-state index contributed by atoms with van der Waals surface area (Å²) in [6.45, 7) is 2.88. The summed E-state index contributed by atoms with van der Waals surface area (Å²) in [5.74, 6) is 1.57. The van der Waals surface area contributed by atoms with E-state index in [4.69, 9.17) is 9.47 Å². The third-order valence-electron chi connectivity index (χ3n) is 5.50. The number of thioether (sulfide) groups is 1. The number of likely N-dealkylation sites (tertiary alicyclic amines) is 1. The number of hydrogen-bond acceptors (Lipinski definition) is 5. The van der Waals surface area contributed by atoms with E-state index in [9.17, 15) is 9.59 Å². The van der Waals surface area contributed by atoms with Crippen LogP contribution in [-0.4, -0.2) is 33.8 Å². The highest BCUT2D eigenvalue weighted by Crippen LogP contribution is 2.32. The van der Waals surface area contributed by atoms with Gasteiger partial charge in [0.15, 0.2) is 5.12 Å². The fraction of sp³-hybridized carbons (Fsp3) is 0.259. The number of carbonyl (C=O) groups excluding carboxylic acids is 2. The van der Waals surface area contributed by atoms with Crippen LogP contribution in [0.4, 0.5) is 0 Å². The predicted molar refractivity (Wildman–Crippen MR) is 130 cm³/mol. The summed E-state index contributed by atoms with van der Waals surface area (Å²) >= 11 is 1.24. The molecule has 1 amide bonds. The Kier molecular flexibility index (Phi) is 7.81. The van der Waals surface area contributed by atoms with Crippen LogP contribution in [0, 0.1) is 0 Å². The third kappa shape index (κ3) is 6.46. The van der Waals surface area contributed by atoms with E-state index in [0.29, 0.717) is 26.2 Å². The van der Waals surface area contributed by atoms with Gasteiger partial charge in [0.25, 0.3) is 0 Å². The molecule has 33 heavy (non-hydrogen) atoms. The quantitative estimate of drug-likeness (QED) is 0.424. The Hall–Kier alpha value is -3.09. The molecule has 0 aromatic heterocycles. The topological polar surface area (TPSA) is 55.8 Å². The molecule has 3 aromatic carbocycles. The summed E-state index contributed by atoms with van der Waals surface area (Å²) in [7, 11) is 0. The second kappa shape index (κ2) is 11.2. The molecule has 1 heterocycles. The van der Waals surface area contributed by atoms with Gasteiger partial charge in [-0.05, 0) is 35.4 Å². The zero-order valence-electron chi connectivity index (χ0n) is 18.6. The zero-order valence-corrected chi connectivity index (χ0v) is 19.4. The molecule has 5 nitrogen and oxygen atoms in total. The number of nitrogens with zero attached hydrogens (tertiary/aromatic N) is 1. The number of hydrogen-bond donors (Lipinski definition) is 0. The molecule has 2 atom stereocenters. The van der Waals surface area contributed by atoms with Gasteiger partial charge < -0.3 is 14.4 Å². The highest BCUT2D eigenvalue weighted by atomic mass is 32.2. The lowest BCUT2D eigenvalue weighted by molar-refractivity contribution is -0.130. The van der Waals surface area contributed by atoms with Gasteiger partial charge in [-0.25, -0.2) is 0 Å². The number of amides is 1. The first-order chi connectivity index (χ1) is 16.1. The highest BCUT2D eigenvalue weighted by Gasteiger charge is 2.40.